The van der Waals surface area contributed by atoms with Crippen LogP contribution in [-0.2, 0) is 0 Å². The molecule has 1 aromatic heterocycles. The average molecular weight is 293 g/mol. The number of benzene rings is 1. The predicted octanol–water partition coefficient (Wildman–Crippen LogP) is 2.92. The Bertz CT molecular complexity index is 557. The number of aryl methyl sites for hydroxylation is 1. The minimum Gasteiger partial charge on any atom is -0.492 e. The van der Waals surface area contributed by atoms with E-state index in [0.717, 1.165) is 10.8 Å². The summed E-state index contributed by atoms with van der Waals surface area (Å²) >= 11 is 1.30. The molecular formula is C14H19N3O2S. The zero-order chi connectivity index (χ0) is 14.4. The topological polar surface area (TPSA) is 69.4 Å². The van der Waals surface area contributed by atoms with Crippen LogP contribution >= 0.6 is 11.5 Å². The van der Waals surface area contributed by atoms with Crippen molar-refractivity contribution in [2.24, 2.45) is 0 Å². The van der Waals surface area contributed by atoms with Gasteiger partial charge in [-0.2, -0.15) is 4.37 Å². The molecule has 2 aromatic rings. The number of nitrogens with one attached hydrogen (secondary N) is 1. The van der Waals surface area contributed by atoms with Crippen molar-refractivity contribution in [3.63, 3.8) is 0 Å². The highest BCUT2D eigenvalue weighted by molar-refractivity contribution is 7.11. The van der Waals surface area contributed by atoms with Crippen molar-refractivity contribution in [2.75, 3.05) is 30.8 Å². The van der Waals surface area contributed by atoms with Gasteiger partial charge in [0.1, 0.15) is 12.4 Å². The summed E-state index contributed by atoms with van der Waals surface area (Å²) in [4.78, 5) is 0. The van der Waals surface area contributed by atoms with Gasteiger partial charge in [0.2, 0.25) is 0 Å². The van der Waals surface area contributed by atoms with Crippen molar-refractivity contribution < 1.29 is 9.47 Å². The molecule has 5 nitrogen and oxygen atoms in total. The van der Waals surface area contributed by atoms with Crippen LogP contribution in [0, 0.1) is 6.92 Å². The Kier molecular flexibility index (Phi) is 5.06. The van der Waals surface area contributed by atoms with Gasteiger partial charge < -0.3 is 20.5 Å². The van der Waals surface area contributed by atoms with Gasteiger partial charge in [-0.1, -0.05) is 12.1 Å². The summed E-state index contributed by atoms with van der Waals surface area (Å²) in [6.07, 6.45) is 0. The van der Waals surface area contributed by atoms with Gasteiger partial charge in [0.15, 0.2) is 16.6 Å². The lowest BCUT2D eigenvalue weighted by molar-refractivity contribution is 0.331. The van der Waals surface area contributed by atoms with E-state index in [-0.39, 0.29) is 0 Å². The van der Waals surface area contributed by atoms with E-state index in [1.165, 1.54) is 17.1 Å². The second-order valence-electron chi connectivity index (χ2n) is 4.25. The number of hydrogen-bond donors (Lipinski definition) is 2. The quantitative estimate of drug-likeness (QED) is 0.768. The fourth-order valence-corrected chi connectivity index (χ4v) is 2.41. The molecule has 0 saturated carbocycles. The van der Waals surface area contributed by atoms with Crippen molar-refractivity contribution in [1.82, 2.24) is 4.37 Å². The van der Waals surface area contributed by atoms with E-state index in [0.29, 0.717) is 31.3 Å². The van der Waals surface area contributed by atoms with E-state index >= 15 is 0 Å². The molecule has 0 radical (unpaired) electrons. The summed E-state index contributed by atoms with van der Waals surface area (Å²) in [6, 6.07) is 7.98. The Morgan fingerprint density at radius 2 is 2.20 bits per heavy atom. The minimum absolute atomic E-state index is 0.430. The molecule has 20 heavy (non-hydrogen) atoms. The number of nitrogens with zero attached hydrogens (tertiary/aromatic N) is 1. The molecule has 0 atom stereocenters. The standard InChI is InChI=1S/C14H19N3O2S/c1-3-18-12-13(15)17-20-14(12)16-7-8-19-11-6-4-5-10(2)9-11/h4-6,9,16H,3,7-8H2,1-2H3,(H2,15,17). The lowest BCUT2D eigenvalue weighted by Gasteiger charge is -2.09. The first-order chi connectivity index (χ1) is 9.70. The molecular weight excluding hydrogens is 274 g/mol. The molecule has 1 aromatic carbocycles. The highest BCUT2D eigenvalue weighted by Gasteiger charge is 2.11. The Hall–Kier alpha value is -1.95. The Labute approximate surface area is 122 Å². The van der Waals surface area contributed by atoms with Crippen LogP contribution in [0.1, 0.15) is 12.5 Å². The van der Waals surface area contributed by atoms with Crippen LogP contribution in [-0.4, -0.2) is 24.1 Å². The fourth-order valence-electron chi connectivity index (χ4n) is 1.73. The summed E-state index contributed by atoms with van der Waals surface area (Å²) < 4.78 is 15.2. The Morgan fingerprint density at radius 1 is 1.35 bits per heavy atom. The van der Waals surface area contributed by atoms with Crippen molar-refractivity contribution >= 4 is 22.4 Å². The average Bonchev–Trinajstić information content (AvgIpc) is 2.77. The number of rotatable bonds is 7. The van der Waals surface area contributed by atoms with Crippen LogP contribution in [0.5, 0.6) is 11.5 Å². The van der Waals surface area contributed by atoms with Crippen LogP contribution in [0.25, 0.3) is 0 Å². The third-order valence-electron chi connectivity index (χ3n) is 2.61. The van der Waals surface area contributed by atoms with E-state index in [9.17, 15) is 0 Å². The fraction of sp³-hybridized carbons (Fsp3) is 0.357. The highest BCUT2D eigenvalue weighted by Crippen LogP contribution is 2.34. The van der Waals surface area contributed by atoms with E-state index in [1.54, 1.807) is 0 Å². The van der Waals surface area contributed by atoms with Crippen LogP contribution in [0.3, 0.4) is 0 Å². The van der Waals surface area contributed by atoms with Gasteiger partial charge >= 0.3 is 0 Å². The van der Waals surface area contributed by atoms with Crippen molar-refractivity contribution in [1.29, 1.82) is 0 Å². The van der Waals surface area contributed by atoms with Gasteiger partial charge in [-0.15, -0.1) is 0 Å². The number of nitrogens with two attached hydrogens (primary N) is 1. The molecule has 0 amide bonds. The van der Waals surface area contributed by atoms with E-state index in [2.05, 4.69) is 9.69 Å². The van der Waals surface area contributed by atoms with Crippen LogP contribution in [0.2, 0.25) is 0 Å². The van der Waals surface area contributed by atoms with E-state index in [4.69, 9.17) is 15.2 Å². The molecule has 0 unspecified atom stereocenters. The molecule has 0 aliphatic carbocycles. The van der Waals surface area contributed by atoms with Gasteiger partial charge in [0.05, 0.1) is 6.61 Å². The van der Waals surface area contributed by atoms with E-state index in [1.807, 2.05) is 38.1 Å². The van der Waals surface area contributed by atoms with Crippen LogP contribution in [0.4, 0.5) is 10.8 Å². The number of ether oxygens (including phenoxy) is 2. The second-order valence-corrected chi connectivity index (χ2v) is 5.02. The number of anilines is 2. The van der Waals surface area contributed by atoms with Gasteiger partial charge in [0.25, 0.3) is 0 Å². The third kappa shape index (κ3) is 3.77. The number of nitrogen functional groups attached to an aromatic ring is 1. The first-order valence-corrected chi connectivity index (χ1v) is 7.29. The number of aromatic nitrogens is 1. The predicted molar refractivity (Wildman–Crippen MR) is 82.9 cm³/mol. The smallest absolute Gasteiger partial charge is 0.197 e. The number of hydrogen-bond acceptors (Lipinski definition) is 6. The molecule has 0 saturated heterocycles. The normalized spacial score (nSPS) is 10.3. The molecule has 6 heteroatoms. The maximum absolute atomic E-state index is 5.74. The van der Waals surface area contributed by atoms with E-state index < -0.39 is 0 Å². The van der Waals surface area contributed by atoms with Crippen molar-refractivity contribution in [3.05, 3.63) is 29.8 Å². The maximum atomic E-state index is 5.74. The summed E-state index contributed by atoms with van der Waals surface area (Å²) in [5, 5.41) is 4.07. The molecule has 0 aliphatic rings. The highest BCUT2D eigenvalue weighted by atomic mass is 32.1. The van der Waals surface area contributed by atoms with Gasteiger partial charge in [0, 0.05) is 6.54 Å². The zero-order valence-electron chi connectivity index (χ0n) is 11.7. The second kappa shape index (κ2) is 7.00. The minimum atomic E-state index is 0.430. The first-order valence-electron chi connectivity index (χ1n) is 6.52. The third-order valence-corrected chi connectivity index (χ3v) is 3.41. The molecule has 0 spiro atoms. The Balaban J connectivity index is 1.81. The van der Waals surface area contributed by atoms with Gasteiger partial charge in [-0.25, -0.2) is 0 Å². The van der Waals surface area contributed by atoms with Crippen LogP contribution in [0.15, 0.2) is 24.3 Å². The largest absolute Gasteiger partial charge is 0.492 e. The lowest BCUT2D eigenvalue weighted by Crippen LogP contribution is -2.11. The SMILES string of the molecule is CCOc1c(N)nsc1NCCOc1cccc(C)c1. The summed E-state index contributed by atoms with van der Waals surface area (Å²) in [6.45, 7) is 5.75. The summed E-state index contributed by atoms with van der Waals surface area (Å²) in [7, 11) is 0. The maximum Gasteiger partial charge on any atom is 0.197 e. The lowest BCUT2D eigenvalue weighted by atomic mass is 10.2. The molecule has 0 aliphatic heterocycles. The molecule has 0 fully saturated rings. The first kappa shape index (κ1) is 14.5. The summed E-state index contributed by atoms with van der Waals surface area (Å²) in [5.74, 6) is 1.94. The summed E-state index contributed by atoms with van der Waals surface area (Å²) in [5.41, 5.74) is 6.93. The Morgan fingerprint density at radius 3 is 2.95 bits per heavy atom. The molecule has 1 heterocycles. The van der Waals surface area contributed by atoms with Gasteiger partial charge in [-0.3, -0.25) is 0 Å². The zero-order valence-corrected chi connectivity index (χ0v) is 12.5. The molecule has 0 bridgehead atoms. The molecule has 2 rings (SSSR count). The monoisotopic (exact) mass is 293 g/mol. The molecule has 108 valence electrons. The van der Waals surface area contributed by atoms with Crippen molar-refractivity contribution in [2.45, 2.75) is 13.8 Å². The van der Waals surface area contributed by atoms with Gasteiger partial charge in [-0.05, 0) is 43.1 Å². The molecule has 3 N–H and O–H groups in total. The van der Waals surface area contributed by atoms with Crippen molar-refractivity contribution in [3.8, 4) is 11.5 Å². The van der Waals surface area contributed by atoms with Crippen LogP contribution < -0.4 is 20.5 Å².